The zero-order chi connectivity index (χ0) is 16.6. The van der Waals surface area contributed by atoms with E-state index in [1.54, 1.807) is 0 Å². The van der Waals surface area contributed by atoms with Gasteiger partial charge in [-0.15, -0.1) is 0 Å². The molecular weight excluding hydrogens is 714 g/mol. The summed E-state index contributed by atoms with van der Waals surface area (Å²) in [6, 6.07) is 0. The standard InChI is InChI=1S/6C3H7.2HI.2Sb/c6*1-3-2;;;;/h6*3H,1-2H3;2*1H;;/p-2. The van der Waals surface area contributed by atoms with Crippen LogP contribution < -0.4 is 48.0 Å². The van der Waals surface area contributed by atoms with E-state index >= 15 is 0 Å². The van der Waals surface area contributed by atoms with Crippen molar-refractivity contribution < 1.29 is 48.0 Å². The first-order chi connectivity index (χ1) is 8.93. The molecule has 0 saturated heterocycles. The van der Waals surface area contributed by atoms with Crippen LogP contribution in [0.25, 0.3) is 0 Å². The number of hydrogen-bond donors (Lipinski definition) is 0. The first kappa shape index (κ1) is 32.7. The van der Waals surface area contributed by atoms with Gasteiger partial charge < -0.3 is 48.0 Å². The Labute approximate surface area is 192 Å². The molecule has 0 radical (unpaired) electrons. The van der Waals surface area contributed by atoms with E-state index in [1.165, 1.54) is 0 Å². The fourth-order valence-electron chi connectivity index (χ4n) is 3.58. The molecule has 0 aromatic carbocycles. The topological polar surface area (TPSA) is 0 Å². The average Bonchev–Trinajstić information content (AvgIpc) is 2.12. The molecule has 0 unspecified atom stereocenters. The predicted molar refractivity (Wildman–Crippen MR) is 102 cm³/mol. The van der Waals surface area contributed by atoms with E-state index in [9.17, 15) is 0 Å². The third kappa shape index (κ3) is 15.4. The van der Waals surface area contributed by atoms with Crippen molar-refractivity contribution in [2.75, 3.05) is 0 Å². The summed E-state index contributed by atoms with van der Waals surface area (Å²) >= 11 is -1.77. The zero-order valence-corrected chi connectivity index (χ0v) is 26.5. The van der Waals surface area contributed by atoms with E-state index in [0.29, 0.717) is 0 Å². The van der Waals surface area contributed by atoms with Gasteiger partial charge in [-0.05, 0) is 0 Å². The molecule has 4 heteroatoms. The first-order valence-electron chi connectivity index (χ1n) is 8.48. The van der Waals surface area contributed by atoms with Gasteiger partial charge in [0, 0.05) is 0 Å². The molecule has 0 aromatic rings. The molecule has 0 atom stereocenters. The van der Waals surface area contributed by atoms with Gasteiger partial charge in [0.05, 0.1) is 0 Å². The second-order valence-corrected chi connectivity index (χ2v) is 30.2. The van der Waals surface area contributed by atoms with Crippen LogP contribution in [0.4, 0.5) is 0 Å². The number of rotatable bonds is 6. The Morgan fingerprint density at radius 3 is 0.409 bits per heavy atom. The van der Waals surface area contributed by atoms with Crippen LogP contribution in [0.2, 0.25) is 23.2 Å². The number of hydrogen-bond acceptors (Lipinski definition) is 0. The minimum absolute atomic E-state index is 0. The van der Waals surface area contributed by atoms with Gasteiger partial charge in [-0.3, -0.25) is 0 Å². The third-order valence-electron chi connectivity index (χ3n) is 3.58. The quantitative estimate of drug-likeness (QED) is 0.285. The SMILES string of the molecule is C[CH](C)[Sb]([CH](C)C)[CH](C)C.C[CH](C)[Sb]([CH](C)C)[CH](C)C.[I-].[I-]. The molecule has 0 N–H and O–H groups in total. The molecule has 0 aliphatic carbocycles. The van der Waals surface area contributed by atoms with Crippen LogP contribution in [0.15, 0.2) is 0 Å². The normalized spacial score (nSPS) is 11.5. The van der Waals surface area contributed by atoms with Gasteiger partial charge in [-0.25, -0.2) is 0 Å². The third-order valence-corrected chi connectivity index (χ3v) is 24.0. The Bertz CT molecular complexity index is 165. The van der Waals surface area contributed by atoms with E-state index in [1.807, 2.05) is 0 Å². The average molecular weight is 756 g/mol. The van der Waals surface area contributed by atoms with E-state index < -0.39 is 40.4 Å². The Balaban J connectivity index is -0.000000135. The van der Waals surface area contributed by atoms with Crippen LogP contribution in [-0.4, -0.2) is 40.4 Å². The van der Waals surface area contributed by atoms with Crippen molar-refractivity contribution in [1.29, 1.82) is 0 Å². The Morgan fingerprint density at radius 2 is 0.409 bits per heavy atom. The fraction of sp³-hybridized carbons (Fsp3) is 1.00. The molecule has 140 valence electrons. The van der Waals surface area contributed by atoms with Gasteiger partial charge >= 0.3 is 147 Å². The summed E-state index contributed by atoms with van der Waals surface area (Å²) < 4.78 is 6.10. The molecule has 0 fully saturated rings. The van der Waals surface area contributed by atoms with Crippen molar-refractivity contribution in [3.63, 3.8) is 0 Å². The van der Waals surface area contributed by atoms with Crippen molar-refractivity contribution in [2.45, 2.75) is 106 Å². The van der Waals surface area contributed by atoms with E-state index in [4.69, 9.17) is 0 Å². The van der Waals surface area contributed by atoms with Gasteiger partial charge in [0.15, 0.2) is 0 Å². The maximum atomic E-state index is 2.41. The minimum atomic E-state index is -0.883. The Morgan fingerprint density at radius 1 is 0.318 bits per heavy atom. The van der Waals surface area contributed by atoms with Crippen LogP contribution in [-0.2, 0) is 0 Å². The molecule has 0 rings (SSSR count). The minimum Gasteiger partial charge on any atom is -1.00 e. The van der Waals surface area contributed by atoms with Gasteiger partial charge in [0.25, 0.3) is 0 Å². The van der Waals surface area contributed by atoms with Crippen molar-refractivity contribution in [3.05, 3.63) is 0 Å². The molecule has 0 bridgehead atoms. The van der Waals surface area contributed by atoms with Crippen LogP contribution in [0.1, 0.15) is 83.1 Å². The summed E-state index contributed by atoms with van der Waals surface area (Å²) in [6.45, 7) is 28.9. The van der Waals surface area contributed by atoms with Crippen LogP contribution >= 0.6 is 0 Å². The Hall–Kier alpha value is 3.10. The van der Waals surface area contributed by atoms with E-state index in [2.05, 4.69) is 83.1 Å². The molecule has 0 nitrogen and oxygen atoms in total. The van der Waals surface area contributed by atoms with E-state index in [-0.39, 0.29) is 48.0 Å². The van der Waals surface area contributed by atoms with Gasteiger partial charge in [-0.2, -0.15) is 0 Å². The first-order valence-corrected chi connectivity index (χ1v) is 17.3. The molecule has 0 aliphatic heterocycles. The van der Waals surface area contributed by atoms with Crippen molar-refractivity contribution >= 4 is 40.4 Å². The van der Waals surface area contributed by atoms with Crippen molar-refractivity contribution in [2.24, 2.45) is 0 Å². The summed E-state index contributed by atoms with van der Waals surface area (Å²) in [5, 5.41) is 0. The maximum absolute atomic E-state index is 2.41. The molecule has 0 aromatic heterocycles. The maximum Gasteiger partial charge on any atom is -1.00 e. The van der Waals surface area contributed by atoms with Gasteiger partial charge in [0.2, 0.25) is 0 Å². The summed E-state index contributed by atoms with van der Waals surface area (Å²) in [7, 11) is 0. The molecular formula is C18H42I2Sb2-2. The summed E-state index contributed by atoms with van der Waals surface area (Å²) in [4.78, 5) is 0. The monoisotopic (exact) mass is 754 g/mol. The largest absolute Gasteiger partial charge is 1.00 e. The van der Waals surface area contributed by atoms with Crippen molar-refractivity contribution in [3.8, 4) is 0 Å². The predicted octanol–water partition coefficient (Wildman–Crippen LogP) is 1.43. The molecule has 22 heavy (non-hydrogen) atoms. The Kier molecular flexibility index (Phi) is 26.1. The van der Waals surface area contributed by atoms with Crippen LogP contribution in [0.5, 0.6) is 0 Å². The molecule has 0 saturated carbocycles. The second kappa shape index (κ2) is 17.5. The zero-order valence-electron chi connectivity index (χ0n) is 17.1. The van der Waals surface area contributed by atoms with Crippen LogP contribution in [0, 0.1) is 0 Å². The summed E-state index contributed by atoms with van der Waals surface area (Å²) in [6.07, 6.45) is 0. The van der Waals surface area contributed by atoms with Crippen LogP contribution in [0.3, 0.4) is 0 Å². The smallest absolute Gasteiger partial charge is 1.00 e. The van der Waals surface area contributed by atoms with E-state index in [0.717, 1.165) is 23.2 Å². The summed E-state index contributed by atoms with van der Waals surface area (Å²) in [5.41, 5.74) is 0. The van der Waals surface area contributed by atoms with Gasteiger partial charge in [-0.1, -0.05) is 0 Å². The summed E-state index contributed by atoms with van der Waals surface area (Å²) in [5.74, 6) is 0. The molecule has 0 amide bonds. The molecule has 0 aliphatic rings. The second-order valence-electron chi connectivity index (χ2n) is 7.46. The number of halogens is 2. The molecule has 0 spiro atoms. The molecule has 0 heterocycles. The van der Waals surface area contributed by atoms with Gasteiger partial charge in [0.1, 0.15) is 0 Å². The fourth-order valence-corrected chi connectivity index (χ4v) is 24.0. The van der Waals surface area contributed by atoms with Crippen molar-refractivity contribution in [1.82, 2.24) is 0 Å².